The fraction of sp³-hybridized carbons (Fsp3) is 0.0667. The van der Waals surface area contributed by atoms with E-state index in [2.05, 4.69) is 26.3 Å². The largest absolute Gasteiger partial charge is 0.383 e. The van der Waals surface area contributed by atoms with E-state index in [9.17, 15) is 0 Å². The fourth-order valence-electron chi connectivity index (χ4n) is 2.01. The number of nitrogen functional groups attached to an aromatic ring is 1. The number of nitrogens with one attached hydrogen (secondary N) is 1. The summed E-state index contributed by atoms with van der Waals surface area (Å²) in [4.78, 5) is 12.8. The molecule has 3 aromatic rings. The van der Waals surface area contributed by atoms with Crippen LogP contribution in [0.1, 0.15) is 11.1 Å². The van der Waals surface area contributed by atoms with E-state index in [1.54, 1.807) is 36.7 Å². The van der Waals surface area contributed by atoms with Crippen molar-refractivity contribution < 1.29 is 0 Å². The number of anilines is 3. The molecule has 0 saturated carbocycles. The molecule has 0 saturated heterocycles. The van der Waals surface area contributed by atoms with Crippen LogP contribution >= 0.6 is 0 Å². The van der Waals surface area contributed by atoms with Gasteiger partial charge in [-0.3, -0.25) is 4.98 Å². The van der Waals surface area contributed by atoms with Gasteiger partial charge >= 0.3 is 0 Å². The highest BCUT2D eigenvalue weighted by molar-refractivity contribution is 5.90. The molecule has 21 heavy (non-hydrogen) atoms. The average molecular weight is 276 g/mol. The second-order valence-electron chi connectivity index (χ2n) is 4.60. The number of fused-ring (bicyclic) bond motifs is 1. The number of aromatic nitrogens is 3. The highest BCUT2D eigenvalue weighted by atomic mass is 15.1. The summed E-state index contributed by atoms with van der Waals surface area (Å²) in [6, 6.07) is 9.11. The maximum atomic E-state index is 8.79. The Morgan fingerprint density at radius 2 is 1.90 bits per heavy atom. The molecule has 0 aliphatic carbocycles. The first-order valence-corrected chi connectivity index (χ1v) is 6.32. The molecule has 2 heterocycles. The molecule has 6 heteroatoms. The number of nitriles is 1. The maximum absolute atomic E-state index is 8.79. The molecule has 0 bridgehead atoms. The van der Waals surface area contributed by atoms with Gasteiger partial charge in [-0.25, -0.2) is 4.98 Å². The van der Waals surface area contributed by atoms with Crippen LogP contribution in [0.25, 0.3) is 10.9 Å². The molecule has 0 aliphatic rings. The number of nitrogens with zero attached hydrogens (tertiary/aromatic N) is 4. The summed E-state index contributed by atoms with van der Waals surface area (Å²) in [7, 11) is 0. The van der Waals surface area contributed by atoms with E-state index in [-0.39, 0.29) is 0 Å². The van der Waals surface area contributed by atoms with Gasteiger partial charge in [0.25, 0.3) is 0 Å². The summed E-state index contributed by atoms with van der Waals surface area (Å²) < 4.78 is 0. The highest BCUT2D eigenvalue weighted by Gasteiger charge is 2.08. The van der Waals surface area contributed by atoms with Gasteiger partial charge in [0.2, 0.25) is 5.95 Å². The van der Waals surface area contributed by atoms with Crippen LogP contribution < -0.4 is 11.1 Å². The molecule has 0 amide bonds. The molecule has 2 aromatic heterocycles. The standard InChI is InChI=1S/C15H12N6/c1-9-7-18-8-12-13(9)20-15(21-14(12)17)19-11-4-2-10(6-16)3-5-11/h2-5,7-8H,1H3,(H3,17,19,20,21). The summed E-state index contributed by atoms with van der Waals surface area (Å²) in [6.07, 6.45) is 3.39. The van der Waals surface area contributed by atoms with Crippen molar-refractivity contribution in [2.75, 3.05) is 11.1 Å². The van der Waals surface area contributed by atoms with Gasteiger partial charge in [-0.15, -0.1) is 0 Å². The monoisotopic (exact) mass is 276 g/mol. The van der Waals surface area contributed by atoms with Crippen LogP contribution in [0, 0.1) is 18.3 Å². The number of hydrogen-bond acceptors (Lipinski definition) is 6. The van der Waals surface area contributed by atoms with Crippen LogP contribution in [-0.2, 0) is 0 Å². The van der Waals surface area contributed by atoms with E-state index in [1.807, 2.05) is 6.92 Å². The van der Waals surface area contributed by atoms with Crippen LogP contribution in [0.4, 0.5) is 17.5 Å². The summed E-state index contributed by atoms with van der Waals surface area (Å²) in [6.45, 7) is 1.92. The lowest BCUT2D eigenvalue weighted by molar-refractivity contribution is 1.19. The summed E-state index contributed by atoms with van der Waals surface area (Å²) >= 11 is 0. The Labute approximate surface area is 121 Å². The summed E-state index contributed by atoms with van der Waals surface area (Å²) in [5, 5.41) is 12.6. The van der Waals surface area contributed by atoms with Crippen molar-refractivity contribution in [3.8, 4) is 6.07 Å². The molecular weight excluding hydrogens is 264 g/mol. The second-order valence-corrected chi connectivity index (χ2v) is 4.60. The zero-order valence-corrected chi connectivity index (χ0v) is 11.3. The Morgan fingerprint density at radius 3 is 2.62 bits per heavy atom. The van der Waals surface area contributed by atoms with Gasteiger partial charge in [-0.1, -0.05) is 0 Å². The fourth-order valence-corrected chi connectivity index (χ4v) is 2.01. The average Bonchev–Trinajstić information content (AvgIpc) is 2.49. The van der Waals surface area contributed by atoms with Crippen LogP contribution in [-0.4, -0.2) is 15.0 Å². The lowest BCUT2D eigenvalue weighted by Gasteiger charge is -2.08. The molecule has 102 valence electrons. The third-order valence-electron chi connectivity index (χ3n) is 3.09. The predicted molar refractivity (Wildman–Crippen MR) is 80.9 cm³/mol. The number of rotatable bonds is 2. The molecule has 0 unspecified atom stereocenters. The molecule has 1 aromatic carbocycles. The highest BCUT2D eigenvalue weighted by Crippen LogP contribution is 2.23. The minimum atomic E-state index is 0.382. The molecule has 3 N–H and O–H groups in total. The molecular formula is C15H12N6. The number of nitrogens with two attached hydrogens (primary N) is 1. The SMILES string of the molecule is Cc1cncc2c(N)nc(Nc3ccc(C#N)cc3)nc12. The van der Waals surface area contributed by atoms with Gasteiger partial charge in [0.05, 0.1) is 22.5 Å². The van der Waals surface area contributed by atoms with Gasteiger partial charge in [0.1, 0.15) is 5.82 Å². The molecule has 6 nitrogen and oxygen atoms in total. The molecule has 3 rings (SSSR count). The molecule has 0 spiro atoms. The quantitative estimate of drug-likeness (QED) is 0.746. The Balaban J connectivity index is 2.00. The van der Waals surface area contributed by atoms with E-state index in [0.29, 0.717) is 17.3 Å². The third-order valence-corrected chi connectivity index (χ3v) is 3.09. The Kier molecular flexibility index (Phi) is 3.09. The first-order valence-electron chi connectivity index (χ1n) is 6.32. The van der Waals surface area contributed by atoms with Crippen LogP contribution in [0.3, 0.4) is 0 Å². The van der Waals surface area contributed by atoms with Gasteiger partial charge in [-0.2, -0.15) is 10.2 Å². The number of benzene rings is 1. The minimum Gasteiger partial charge on any atom is -0.383 e. The Morgan fingerprint density at radius 1 is 1.14 bits per heavy atom. The zero-order chi connectivity index (χ0) is 14.8. The number of hydrogen-bond donors (Lipinski definition) is 2. The lowest BCUT2D eigenvalue weighted by atomic mass is 10.2. The zero-order valence-electron chi connectivity index (χ0n) is 11.3. The van der Waals surface area contributed by atoms with Crippen molar-refractivity contribution in [1.82, 2.24) is 15.0 Å². The van der Waals surface area contributed by atoms with Crippen molar-refractivity contribution in [3.05, 3.63) is 47.8 Å². The summed E-state index contributed by atoms with van der Waals surface area (Å²) in [5.41, 5.74) is 9.05. The van der Waals surface area contributed by atoms with Gasteiger partial charge in [0.15, 0.2) is 0 Å². The van der Waals surface area contributed by atoms with Crippen molar-refractivity contribution in [3.63, 3.8) is 0 Å². The van der Waals surface area contributed by atoms with Crippen molar-refractivity contribution >= 4 is 28.4 Å². The van der Waals surface area contributed by atoms with E-state index < -0.39 is 0 Å². The van der Waals surface area contributed by atoms with Crippen molar-refractivity contribution in [2.45, 2.75) is 6.92 Å². The van der Waals surface area contributed by atoms with E-state index >= 15 is 0 Å². The normalized spacial score (nSPS) is 10.3. The predicted octanol–water partition coefficient (Wildman–Crippen LogP) is 2.53. The first kappa shape index (κ1) is 12.8. The van der Waals surface area contributed by atoms with Crippen molar-refractivity contribution in [2.24, 2.45) is 0 Å². The van der Waals surface area contributed by atoms with Gasteiger partial charge < -0.3 is 11.1 Å². The third kappa shape index (κ3) is 2.44. The smallest absolute Gasteiger partial charge is 0.229 e. The maximum Gasteiger partial charge on any atom is 0.229 e. The molecule has 0 atom stereocenters. The van der Waals surface area contributed by atoms with E-state index in [4.69, 9.17) is 11.0 Å². The van der Waals surface area contributed by atoms with Gasteiger partial charge in [-0.05, 0) is 36.8 Å². The molecule has 0 fully saturated rings. The second kappa shape index (κ2) is 5.06. The van der Waals surface area contributed by atoms with E-state index in [0.717, 1.165) is 22.2 Å². The molecule has 0 aliphatic heterocycles. The van der Waals surface area contributed by atoms with Crippen LogP contribution in [0.2, 0.25) is 0 Å². The Hall–Kier alpha value is -3.20. The number of aryl methyl sites for hydroxylation is 1. The van der Waals surface area contributed by atoms with Crippen LogP contribution in [0.5, 0.6) is 0 Å². The van der Waals surface area contributed by atoms with E-state index in [1.165, 1.54) is 0 Å². The molecule has 0 radical (unpaired) electrons. The summed E-state index contributed by atoms with van der Waals surface area (Å²) in [5.74, 6) is 0.798. The first-order chi connectivity index (χ1) is 10.2. The number of pyridine rings is 1. The lowest BCUT2D eigenvalue weighted by Crippen LogP contribution is -2.02. The van der Waals surface area contributed by atoms with Crippen LogP contribution in [0.15, 0.2) is 36.7 Å². The Bertz CT molecular complexity index is 848. The van der Waals surface area contributed by atoms with Crippen molar-refractivity contribution in [1.29, 1.82) is 5.26 Å². The minimum absolute atomic E-state index is 0.382. The van der Waals surface area contributed by atoms with Gasteiger partial charge in [0, 0.05) is 18.1 Å². The topological polar surface area (TPSA) is 101 Å².